The maximum Gasteiger partial charge on any atom is 0.312 e. The van der Waals surface area contributed by atoms with Crippen LogP contribution in [-0.2, 0) is 23.8 Å². The summed E-state index contributed by atoms with van der Waals surface area (Å²) in [5.41, 5.74) is -0.354. The van der Waals surface area contributed by atoms with E-state index in [0.29, 0.717) is 13.1 Å². The minimum Gasteiger partial charge on any atom is -0.507 e. The zero-order valence-corrected chi connectivity index (χ0v) is 35.9. The van der Waals surface area contributed by atoms with Crippen LogP contribution in [0.15, 0.2) is 41.2 Å². The molecule has 0 saturated heterocycles. The van der Waals surface area contributed by atoms with Crippen LogP contribution in [0.5, 0.6) is 23.0 Å². The molecule has 2 aromatic rings. The van der Waals surface area contributed by atoms with E-state index in [0.717, 1.165) is 12.8 Å². The van der Waals surface area contributed by atoms with E-state index in [1.807, 2.05) is 13.8 Å². The quantitative estimate of drug-likeness (QED) is 0.0575. The number of Topliss-reactive ketones (excluding diaryl/α,β-unsaturated/α-hetero) is 1. The van der Waals surface area contributed by atoms with Crippen LogP contribution in [0.1, 0.15) is 96.6 Å². The average molecular weight is 824 g/mol. The molecular formula is C44H61N3O12. The Morgan fingerprint density at radius 3 is 2.19 bits per heavy atom. The third-order valence-corrected chi connectivity index (χ3v) is 11.3. The van der Waals surface area contributed by atoms with Crippen molar-refractivity contribution in [2.24, 2.45) is 28.8 Å². The number of hydrogen-bond acceptors (Lipinski definition) is 14. The Bertz CT molecular complexity index is 2020. The Balaban J connectivity index is 2.00. The Morgan fingerprint density at radius 2 is 1.59 bits per heavy atom. The molecule has 59 heavy (non-hydrogen) atoms. The summed E-state index contributed by atoms with van der Waals surface area (Å²) in [6.45, 7) is 17.6. The van der Waals surface area contributed by atoms with Crippen LogP contribution in [0.25, 0.3) is 10.8 Å². The maximum absolute atomic E-state index is 14.4. The van der Waals surface area contributed by atoms with Gasteiger partial charge in [-0.2, -0.15) is 5.10 Å². The van der Waals surface area contributed by atoms with Crippen LogP contribution in [0.2, 0.25) is 0 Å². The van der Waals surface area contributed by atoms with Gasteiger partial charge in [0.1, 0.15) is 23.4 Å². The molecule has 9 atom stereocenters. The number of aliphatic hydroxyl groups is 2. The Kier molecular flexibility index (Phi) is 15.2. The molecule has 0 fully saturated rings. The number of hydrogen-bond donors (Lipinski definition) is 6. The van der Waals surface area contributed by atoms with Crippen molar-refractivity contribution in [1.29, 1.82) is 0 Å². The van der Waals surface area contributed by atoms with Crippen LogP contribution in [0, 0.1) is 30.6 Å². The lowest BCUT2D eigenvalue weighted by Crippen LogP contribution is -2.46. The molecule has 0 spiro atoms. The molecule has 0 aromatic heterocycles. The second-order valence-corrected chi connectivity index (χ2v) is 15.8. The van der Waals surface area contributed by atoms with Crippen molar-refractivity contribution in [1.82, 2.24) is 5.01 Å². The Labute approximate surface area is 346 Å². The van der Waals surface area contributed by atoms with Crippen LogP contribution in [-0.4, -0.2) is 105 Å². The van der Waals surface area contributed by atoms with Crippen molar-refractivity contribution >= 4 is 40.3 Å². The molecule has 0 radical (unpaired) electrons. The third kappa shape index (κ3) is 9.53. The number of benzene rings is 2. The van der Waals surface area contributed by atoms with Crippen molar-refractivity contribution in [3.05, 3.63) is 52.8 Å². The predicted molar refractivity (Wildman–Crippen MR) is 224 cm³/mol. The van der Waals surface area contributed by atoms with Crippen LogP contribution >= 0.6 is 0 Å². The van der Waals surface area contributed by atoms with Gasteiger partial charge >= 0.3 is 11.8 Å². The number of amides is 1. The highest BCUT2D eigenvalue weighted by Crippen LogP contribution is 2.55. The van der Waals surface area contributed by atoms with Crippen molar-refractivity contribution < 1.29 is 58.9 Å². The summed E-state index contributed by atoms with van der Waals surface area (Å²) in [5.74, 6) is -8.35. The highest BCUT2D eigenvalue weighted by Gasteiger charge is 2.50. The van der Waals surface area contributed by atoms with E-state index >= 15 is 0 Å². The van der Waals surface area contributed by atoms with Gasteiger partial charge in [-0.1, -0.05) is 59.8 Å². The van der Waals surface area contributed by atoms with E-state index in [1.54, 1.807) is 44.9 Å². The summed E-state index contributed by atoms with van der Waals surface area (Å²) in [6.07, 6.45) is 6.38. The third-order valence-electron chi connectivity index (χ3n) is 11.3. The lowest BCUT2D eigenvalue weighted by molar-refractivity contribution is -0.160. The van der Waals surface area contributed by atoms with Gasteiger partial charge in [-0.15, -0.1) is 0 Å². The van der Waals surface area contributed by atoms with E-state index in [2.05, 4.69) is 10.4 Å². The molecule has 1 amide bonds. The summed E-state index contributed by atoms with van der Waals surface area (Å²) in [6, 6.07) is 0. The largest absolute Gasteiger partial charge is 0.507 e. The van der Waals surface area contributed by atoms with Gasteiger partial charge in [0.05, 0.1) is 53.0 Å². The zero-order valence-electron chi connectivity index (χ0n) is 35.9. The van der Waals surface area contributed by atoms with Crippen LogP contribution in [0.4, 0.5) is 5.69 Å². The van der Waals surface area contributed by atoms with Crippen LogP contribution in [0.3, 0.4) is 0 Å². The highest BCUT2D eigenvalue weighted by molar-refractivity contribution is 6.23. The first-order chi connectivity index (χ1) is 27.8. The number of aliphatic hydroxyl groups excluding tert-OH is 2. The number of phenolic OH excluding ortho intramolecular Hbond substituents is 3. The fourth-order valence-corrected chi connectivity index (χ4v) is 7.76. The van der Waals surface area contributed by atoms with Gasteiger partial charge in [-0.05, 0) is 32.8 Å². The van der Waals surface area contributed by atoms with Crippen molar-refractivity contribution in [3.8, 4) is 23.0 Å². The van der Waals surface area contributed by atoms with Crippen molar-refractivity contribution in [2.75, 3.05) is 25.5 Å². The van der Waals surface area contributed by atoms with E-state index in [-0.39, 0.29) is 44.5 Å². The molecule has 9 unspecified atom stereocenters. The lowest BCUT2D eigenvalue weighted by Gasteiger charge is -2.38. The second-order valence-electron chi connectivity index (χ2n) is 15.8. The second kappa shape index (κ2) is 19.3. The number of phenols is 3. The first kappa shape index (κ1) is 46.6. The summed E-state index contributed by atoms with van der Waals surface area (Å²) in [4.78, 5) is 40.5. The summed E-state index contributed by atoms with van der Waals surface area (Å²) in [5, 5.41) is 66.9. The standard InChI is InChI=1S/C44H61N3O12/c1-12-18-47(19-13-2)45-21-29-34-39(53)32-31(38(29)52)33-41(27(8)37(32)51)59-44(10,42(33)54)57-20-17-30(56-11)24(5)40(58-28(9)48)26(7)36(50)25(6)35(49)22(3)15-14-16-23(4)43(55)46-34/h14-17,20-22,24-26,30,35-36,40,49-53H,12-13,18-19H2,1-11H3,(H,46,55)/b15-14+,20-17+,23-16+,45-21-. The molecule has 0 saturated carbocycles. The van der Waals surface area contributed by atoms with Crippen molar-refractivity contribution in [2.45, 2.75) is 112 Å². The normalized spacial score (nSPS) is 30.1. The molecular weight excluding hydrogens is 762 g/mol. The number of hydrazone groups is 1. The number of carbonyl (C=O) groups is 3. The number of fused-ring (bicyclic) bond motifs is 14. The number of allylic oxidation sites excluding steroid dienone is 2. The molecule has 3 heterocycles. The number of methoxy groups -OCH3 is 1. The predicted octanol–water partition coefficient (Wildman–Crippen LogP) is 6.21. The first-order valence-electron chi connectivity index (χ1n) is 20.1. The van der Waals surface area contributed by atoms with Gasteiger partial charge in [-0.3, -0.25) is 19.4 Å². The molecule has 15 heteroatoms. The molecule has 324 valence electrons. The molecule has 0 aliphatic carbocycles. The number of aromatic hydroxyl groups is 3. The average Bonchev–Trinajstić information content (AvgIpc) is 3.46. The number of esters is 1. The number of ketones is 1. The number of carbonyl (C=O) groups excluding carboxylic acids is 3. The lowest BCUT2D eigenvalue weighted by atomic mass is 9.78. The van der Waals surface area contributed by atoms with E-state index in [1.165, 1.54) is 59.4 Å². The van der Waals surface area contributed by atoms with E-state index < -0.39 is 88.8 Å². The molecule has 5 bridgehead atoms. The van der Waals surface area contributed by atoms with Crippen LogP contribution < -0.4 is 10.1 Å². The molecule has 3 aliphatic heterocycles. The molecule has 15 nitrogen and oxygen atoms in total. The number of ether oxygens (including phenoxy) is 4. The Hall–Kier alpha value is -5.12. The molecule has 6 N–H and O–H groups in total. The summed E-state index contributed by atoms with van der Waals surface area (Å²) >= 11 is 0. The van der Waals surface area contributed by atoms with E-state index in [9.17, 15) is 39.9 Å². The zero-order chi connectivity index (χ0) is 44.1. The smallest absolute Gasteiger partial charge is 0.312 e. The number of nitrogens with one attached hydrogen (secondary N) is 1. The Morgan fingerprint density at radius 1 is 0.949 bits per heavy atom. The van der Waals surface area contributed by atoms with Gasteiger partial charge in [0.25, 0.3) is 11.7 Å². The fourth-order valence-electron chi connectivity index (χ4n) is 7.76. The van der Waals surface area contributed by atoms with Gasteiger partial charge in [0, 0.05) is 74.2 Å². The van der Waals surface area contributed by atoms with E-state index in [4.69, 9.17) is 18.9 Å². The maximum atomic E-state index is 14.4. The topological polar surface area (TPSA) is 217 Å². The van der Waals surface area contributed by atoms with Gasteiger partial charge in [0.15, 0.2) is 5.75 Å². The highest BCUT2D eigenvalue weighted by atomic mass is 16.7. The van der Waals surface area contributed by atoms with Gasteiger partial charge in [0.2, 0.25) is 0 Å². The monoisotopic (exact) mass is 823 g/mol. The first-order valence-corrected chi connectivity index (χ1v) is 20.1. The minimum atomic E-state index is -2.04. The number of anilines is 1. The molecule has 3 aliphatic rings. The summed E-state index contributed by atoms with van der Waals surface area (Å²) < 4.78 is 23.6. The molecule has 2 aromatic carbocycles. The fraction of sp³-hybridized carbons (Fsp3) is 0.545. The minimum absolute atomic E-state index is 0.0556. The molecule has 5 rings (SSSR count). The summed E-state index contributed by atoms with van der Waals surface area (Å²) in [7, 11) is 1.44. The number of rotatable bonds is 8. The SMILES string of the molecule is CCCN(CCC)/N=C\c1c2c(O)c3c(O)c(C)c4c(c3c1O)C(=O)C(C)(O/C=C/C(OC)C(C)C(OC(C)=O)C(C)C(O)C(C)C(O)C(C)/C=C/C=C(\C)C(=O)N2)O4. The van der Waals surface area contributed by atoms with Crippen molar-refractivity contribution in [3.63, 3.8) is 0 Å². The van der Waals surface area contributed by atoms with Gasteiger partial charge < -0.3 is 49.8 Å². The number of nitrogens with zero attached hydrogens (tertiary/aromatic N) is 2. The van der Waals surface area contributed by atoms with Gasteiger partial charge in [-0.25, -0.2) is 0 Å².